The van der Waals surface area contributed by atoms with E-state index in [4.69, 9.17) is 0 Å². The van der Waals surface area contributed by atoms with Crippen LogP contribution in [0.5, 0.6) is 0 Å². The van der Waals surface area contributed by atoms with E-state index in [9.17, 15) is 14.4 Å². The lowest BCUT2D eigenvalue weighted by Crippen LogP contribution is -2.54. The number of hydrogen-bond donors (Lipinski definition) is 2. The van der Waals surface area contributed by atoms with Gasteiger partial charge in [-0.1, -0.05) is 39.5 Å². The lowest BCUT2D eigenvalue weighted by Gasteiger charge is -2.36. The minimum atomic E-state index is -0.784. The number of carbonyl (C=O) groups excluding carboxylic acids is 3. The highest BCUT2D eigenvalue weighted by Crippen LogP contribution is 2.38. The molecule has 4 amide bonds. The third kappa shape index (κ3) is 3.03. The molecule has 3 fully saturated rings. The first kappa shape index (κ1) is 17.2. The van der Waals surface area contributed by atoms with Crippen molar-refractivity contribution in [2.45, 2.75) is 76.8 Å². The minimum absolute atomic E-state index is 0.120. The molecular formula is C18H29N3O3. The molecule has 134 valence electrons. The number of urea groups is 1. The van der Waals surface area contributed by atoms with Gasteiger partial charge in [0.15, 0.2) is 0 Å². The molecule has 0 unspecified atom stereocenters. The third-order valence-corrected chi connectivity index (χ3v) is 6.26. The third-order valence-electron chi connectivity index (χ3n) is 6.26. The first-order valence-corrected chi connectivity index (χ1v) is 9.37. The van der Waals surface area contributed by atoms with Crippen molar-refractivity contribution in [3.05, 3.63) is 0 Å². The molecule has 24 heavy (non-hydrogen) atoms. The summed E-state index contributed by atoms with van der Waals surface area (Å²) in [6.07, 6.45) is 8.08. The Morgan fingerprint density at radius 2 is 1.88 bits per heavy atom. The van der Waals surface area contributed by atoms with Gasteiger partial charge in [0.1, 0.15) is 12.1 Å². The zero-order valence-corrected chi connectivity index (χ0v) is 14.8. The highest BCUT2D eigenvalue weighted by atomic mass is 16.2. The minimum Gasteiger partial charge on any atom is -0.352 e. The van der Waals surface area contributed by atoms with E-state index in [0.717, 1.165) is 43.4 Å². The maximum Gasteiger partial charge on any atom is 0.325 e. The number of nitrogens with one attached hydrogen (secondary N) is 2. The highest BCUT2D eigenvalue weighted by Gasteiger charge is 2.55. The van der Waals surface area contributed by atoms with Gasteiger partial charge >= 0.3 is 6.03 Å². The molecule has 6 nitrogen and oxygen atoms in total. The van der Waals surface area contributed by atoms with Gasteiger partial charge in [-0.05, 0) is 37.5 Å². The normalized spacial score (nSPS) is 36.8. The smallest absolute Gasteiger partial charge is 0.325 e. The Kier molecular flexibility index (Phi) is 4.83. The molecule has 1 spiro atoms. The van der Waals surface area contributed by atoms with E-state index in [1.807, 2.05) is 6.92 Å². The van der Waals surface area contributed by atoms with Crippen molar-refractivity contribution in [2.24, 2.45) is 11.8 Å². The number of imide groups is 1. The Morgan fingerprint density at radius 1 is 1.17 bits per heavy atom. The summed E-state index contributed by atoms with van der Waals surface area (Å²) in [5, 5.41) is 5.92. The summed E-state index contributed by atoms with van der Waals surface area (Å²) in [7, 11) is 0. The lowest BCUT2D eigenvalue weighted by atomic mass is 9.73. The van der Waals surface area contributed by atoms with Gasteiger partial charge in [-0.3, -0.25) is 14.5 Å². The molecule has 3 rings (SSSR count). The summed E-state index contributed by atoms with van der Waals surface area (Å²) in [6, 6.07) is -0.254. The largest absolute Gasteiger partial charge is 0.352 e. The molecule has 1 heterocycles. The van der Waals surface area contributed by atoms with Crippen LogP contribution in [0.3, 0.4) is 0 Å². The van der Waals surface area contributed by atoms with Gasteiger partial charge in [0.05, 0.1) is 0 Å². The predicted octanol–water partition coefficient (Wildman–Crippen LogP) is 2.18. The van der Waals surface area contributed by atoms with Crippen LogP contribution >= 0.6 is 0 Å². The second-order valence-electron chi connectivity index (χ2n) is 7.88. The van der Waals surface area contributed by atoms with Gasteiger partial charge in [0.25, 0.3) is 5.91 Å². The van der Waals surface area contributed by atoms with Gasteiger partial charge in [-0.15, -0.1) is 0 Å². The molecule has 1 aliphatic heterocycles. The standard InChI is InChI=1S/C18H29N3O3/c1-12-7-3-4-9-14(12)19-15(22)11-21-16(23)18(20-17(21)24)10-6-5-8-13(18)2/h12-14H,3-11H2,1-2H3,(H,19,22)(H,20,24)/t12-,13-,14+,18-/m1/s1. The molecule has 0 aromatic rings. The molecule has 0 aromatic carbocycles. The number of rotatable bonds is 3. The van der Waals surface area contributed by atoms with Gasteiger partial charge in [0, 0.05) is 6.04 Å². The van der Waals surface area contributed by atoms with Crippen LogP contribution in [-0.2, 0) is 9.59 Å². The molecule has 0 radical (unpaired) electrons. The number of carbonyl (C=O) groups is 3. The Balaban J connectivity index is 1.63. The summed E-state index contributed by atoms with van der Waals surface area (Å²) >= 11 is 0. The molecule has 2 N–H and O–H groups in total. The quantitative estimate of drug-likeness (QED) is 0.776. The predicted molar refractivity (Wildman–Crippen MR) is 90.2 cm³/mol. The fraction of sp³-hybridized carbons (Fsp3) is 0.833. The van der Waals surface area contributed by atoms with Crippen LogP contribution < -0.4 is 10.6 Å². The second kappa shape index (κ2) is 6.73. The topological polar surface area (TPSA) is 78.5 Å². The van der Waals surface area contributed by atoms with Crippen molar-refractivity contribution in [3.8, 4) is 0 Å². The van der Waals surface area contributed by atoms with Crippen molar-refractivity contribution < 1.29 is 14.4 Å². The fourth-order valence-electron chi connectivity index (χ4n) is 4.57. The fourth-order valence-corrected chi connectivity index (χ4v) is 4.57. The maximum absolute atomic E-state index is 12.9. The maximum atomic E-state index is 12.9. The van der Waals surface area contributed by atoms with Crippen molar-refractivity contribution >= 4 is 17.8 Å². The van der Waals surface area contributed by atoms with Gasteiger partial charge in [-0.25, -0.2) is 4.79 Å². The van der Waals surface area contributed by atoms with Crippen molar-refractivity contribution in [2.75, 3.05) is 6.54 Å². The van der Waals surface area contributed by atoms with Gasteiger partial charge < -0.3 is 10.6 Å². The van der Waals surface area contributed by atoms with Crippen LogP contribution in [-0.4, -0.2) is 40.9 Å². The molecule has 2 aliphatic carbocycles. The monoisotopic (exact) mass is 335 g/mol. The summed E-state index contributed by atoms with van der Waals surface area (Å²) in [4.78, 5) is 38.7. The highest BCUT2D eigenvalue weighted by molar-refractivity contribution is 6.09. The van der Waals surface area contributed by atoms with E-state index in [1.165, 1.54) is 6.42 Å². The first-order chi connectivity index (χ1) is 11.4. The zero-order chi connectivity index (χ0) is 17.3. The van der Waals surface area contributed by atoms with E-state index >= 15 is 0 Å². The van der Waals surface area contributed by atoms with Crippen LogP contribution in [0.15, 0.2) is 0 Å². The number of nitrogens with zero attached hydrogens (tertiary/aromatic N) is 1. The van der Waals surface area contributed by atoms with Crippen molar-refractivity contribution in [3.63, 3.8) is 0 Å². The molecule has 3 aliphatic rings. The van der Waals surface area contributed by atoms with Crippen LogP contribution in [0, 0.1) is 11.8 Å². The first-order valence-electron chi connectivity index (χ1n) is 9.37. The molecule has 6 heteroatoms. The van der Waals surface area contributed by atoms with E-state index in [1.54, 1.807) is 0 Å². The molecule has 2 saturated carbocycles. The van der Waals surface area contributed by atoms with Gasteiger partial charge in [0.2, 0.25) is 5.91 Å². The number of hydrogen-bond acceptors (Lipinski definition) is 3. The molecule has 1 saturated heterocycles. The van der Waals surface area contributed by atoms with Crippen LogP contribution in [0.4, 0.5) is 4.79 Å². The van der Waals surface area contributed by atoms with Crippen molar-refractivity contribution in [1.82, 2.24) is 15.5 Å². The van der Waals surface area contributed by atoms with E-state index < -0.39 is 11.6 Å². The number of amides is 4. The summed E-state index contributed by atoms with van der Waals surface area (Å²) in [5.74, 6) is 0.133. The Morgan fingerprint density at radius 3 is 2.58 bits per heavy atom. The lowest BCUT2D eigenvalue weighted by molar-refractivity contribution is -0.137. The van der Waals surface area contributed by atoms with Crippen LogP contribution in [0.25, 0.3) is 0 Å². The van der Waals surface area contributed by atoms with E-state index in [2.05, 4.69) is 17.6 Å². The SMILES string of the molecule is C[C@@H]1CCCC[C@@H]1NC(=O)CN1C(=O)N[C@@]2(CCCC[C@H]2C)C1=O. The Labute approximate surface area is 143 Å². The summed E-state index contributed by atoms with van der Waals surface area (Å²) in [6.45, 7) is 4.00. The zero-order valence-electron chi connectivity index (χ0n) is 14.8. The summed E-state index contributed by atoms with van der Waals surface area (Å²) < 4.78 is 0. The molecule has 0 bridgehead atoms. The molecular weight excluding hydrogens is 306 g/mol. The van der Waals surface area contributed by atoms with Crippen molar-refractivity contribution in [1.29, 1.82) is 0 Å². The van der Waals surface area contributed by atoms with E-state index in [-0.39, 0.29) is 30.3 Å². The average Bonchev–Trinajstić information content (AvgIpc) is 2.78. The van der Waals surface area contributed by atoms with Crippen LogP contribution in [0.2, 0.25) is 0 Å². The summed E-state index contributed by atoms with van der Waals surface area (Å²) in [5.41, 5.74) is -0.784. The Hall–Kier alpha value is -1.59. The van der Waals surface area contributed by atoms with Crippen LogP contribution in [0.1, 0.15) is 65.2 Å². The second-order valence-corrected chi connectivity index (χ2v) is 7.88. The Bertz CT molecular complexity index is 536. The molecule has 4 atom stereocenters. The average molecular weight is 335 g/mol. The van der Waals surface area contributed by atoms with E-state index in [0.29, 0.717) is 12.3 Å². The van der Waals surface area contributed by atoms with Gasteiger partial charge in [-0.2, -0.15) is 0 Å². The molecule has 0 aromatic heterocycles.